The summed E-state index contributed by atoms with van der Waals surface area (Å²) in [6, 6.07) is 16.1. The fourth-order valence-electron chi connectivity index (χ4n) is 4.07. The van der Waals surface area contributed by atoms with E-state index >= 15 is 0 Å². The predicted molar refractivity (Wildman–Crippen MR) is 139 cm³/mol. The van der Waals surface area contributed by atoms with Gasteiger partial charge >= 0.3 is 0 Å². The van der Waals surface area contributed by atoms with E-state index in [1.807, 2.05) is 12.1 Å². The van der Waals surface area contributed by atoms with E-state index < -0.39 is 0 Å². The lowest BCUT2D eigenvalue weighted by Crippen LogP contribution is -2.46. The van der Waals surface area contributed by atoms with E-state index in [2.05, 4.69) is 26.2 Å². The smallest absolute Gasteiger partial charge is 0.248 e. The Hall–Kier alpha value is -3.64. The molecule has 1 saturated heterocycles. The van der Waals surface area contributed by atoms with Crippen molar-refractivity contribution in [1.29, 1.82) is 5.26 Å². The van der Waals surface area contributed by atoms with Crippen molar-refractivity contribution in [3.8, 4) is 6.07 Å². The molecule has 5 rings (SSSR count). The number of benzene rings is 2. The van der Waals surface area contributed by atoms with Gasteiger partial charge in [-0.25, -0.2) is 9.97 Å². The molecule has 0 aliphatic carbocycles. The number of anilines is 3. The molecule has 0 bridgehead atoms. The molecule has 1 aliphatic rings. The van der Waals surface area contributed by atoms with Crippen LogP contribution in [-0.4, -0.2) is 46.0 Å². The molecule has 0 atom stereocenters. The van der Waals surface area contributed by atoms with Crippen LogP contribution in [0.3, 0.4) is 0 Å². The lowest BCUT2D eigenvalue weighted by molar-refractivity contribution is 0.249. The van der Waals surface area contributed by atoms with Crippen LogP contribution in [0.1, 0.15) is 11.1 Å². The summed E-state index contributed by atoms with van der Waals surface area (Å²) < 4.78 is 0. The van der Waals surface area contributed by atoms with Crippen LogP contribution < -0.4 is 15.8 Å². The Kier molecular flexibility index (Phi) is 6.55. The molecule has 4 aromatic rings. The first-order valence-corrected chi connectivity index (χ1v) is 11.8. The van der Waals surface area contributed by atoms with Gasteiger partial charge in [-0.05, 0) is 48.0 Å². The maximum Gasteiger partial charge on any atom is 0.248 e. The van der Waals surface area contributed by atoms with Gasteiger partial charge in [0.05, 0.1) is 28.4 Å². The normalized spacial score (nSPS) is 14.1. The van der Waals surface area contributed by atoms with Crippen molar-refractivity contribution < 1.29 is 0 Å². The zero-order chi connectivity index (χ0) is 24.4. The third-order valence-corrected chi connectivity index (χ3v) is 6.50. The molecule has 0 saturated carbocycles. The minimum atomic E-state index is -0.180. The molecule has 0 spiro atoms. The van der Waals surface area contributed by atoms with Crippen LogP contribution in [0.25, 0.3) is 11.0 Å². The number of aromatic nitrogens is 3. The van der Waals surface area contributed by atoms with Crippen LogP contribution in [0, 0.1) is 11.3 Å². The lowest BCUT2D eigenvalue weighted by Gasteiger charge is -2.36. The lowest BCUT2D eigenvalue weighted by atomic mass is 10.2. The maximum atomic E-state index is 11.5. The van der Waals surface area contributed by atoms with E-state index in [0.717, 1.165) is 31.7 Å². The SMILES string of the molecule is N#Cc1ccc2nc(Nc3ccc(=O)[nH]c3)c(N3CCN(Cc4cc(Cl)ccc4Cl)CC3)nc2c1. The number of hydrogen-bond acceptors (Lipinski definition) is 7. The zero-order valence-corrected chi connectivity index (χ0v) is 20.1. The van der Waals surface area contributed by atoms with Gasteiger partial charge in [0.15, 0.2) is 11.6 Å². The molecule has 1 aliphatic heterocycles. The third-order valence-electron chi connectivity index (χ3n) is 5.90. The highest BCUT2D eigenvalue weighted by Gasteiger charge is 2.23. The van der Waals surface area contributed by atoms with Crippen LogP contribution >= 0.6 is 23.2 Å². The average molecular weight is 506 g/mol. The Morgan fingerprint density at radius 1 is 1.00 bits per heavy atom. The number of pyridine rings is 1. The van der Waals surface area contributed by atoms with Crippen molar-refractivity contribution in [2.24, 2.45) is 0 Å². The molecule has 3 heterocycles. The predicted octanol–water partition coefficient (Wildman–Crippen LogP) is 4.56. The molecule has 2 aromatic heterocycles. The highest BCUT2D eigenvalue weighted by molar-refractivity contribution is 6.33. The molecule has 2 aromatic carbocycles. The molecule has 8 nitrogen and oxygen atoms in total. The fourth-order valence-corrected chi connectivity index (χ4v) is 4.44. The standard InChI is InChI=1S/C25H21Cl2N7O/c26-18-2-4-20(27)17(12-18)15-33-7-9-34(10-8-33)25-24(30-19-3-6-23(35)29-14-19)31-21-5-1-16(13-28)11-22(21)32-25/h1-6,11-12,14H,7-10,15H2,(H,29,35)(H,30,31). The minimum absolute atomic E-state index is 0.180. The maximum absolute atomic E-state index is 11.5. The van der Waals surface area contributed by atoms with Crippen molar-refractivity contribution >= 4 is 51.6 Å². The number of rotatable bonds is 5. The van der Waals surface area contributed by atoms with Crippen molar-refractivity contribution in [3.05, 3.63) is 86.3 Å². The van der Waals surface area contributed by atoms with Gasteiger partial charge in [-0.2, -0.15) is 5.26 Å². The number of piperazine rings is 1. The topological polar surface area (TPSA) is 101 Å². The third kappa shape index (κ3) is 5.23. The Morgan fingerprint density at radius 2 is 1.83 bits per heavy atom. The van der Waals surface area contributed by atoms with Crippen molar-refractivity contribution in [1.82, 2.24) is 19.9 Å². The molecular formula is C25H21Cl2N7O. The second-order valence-corrected chi connectivity index (χ2v) is 9.12. The molecule has 176 valence electrons. The van der Waals surface area contributed by atoms with Gasteiger partial charge in [0, 0.05) is 55.0 Å². The Bertz CT molecular complexity index is 1470. The van der Waals surface area contributed by atoms with E-state index in [-0.39, 0.29) is 5.56 Å². The molecule has 35 heavy (non-hydrogen) atoms. The molecule has 0 unspecified atom stereocenters. The summed E-state index contributed by atoms with van der Waals surface area (Å²) >= 11 is 12.5. The van der Waals surface area contributed by atoms with Gasteiger partial charge < -0.3 is 15.2 Å². The summed E-state index contributed by atoms with van der Waals surface area (Å²) in [5.74, 6) is 1.28. The molecule has 0 amide bonds. The van der Waals surface area contributed by atoms with Gasteiger partial charge in [0.2, 0.25) is 5.56 Å². The highest BCUT2D eigenvalue weighted by atomic mass is 35.5. The number of H-pyrrole nitrogens is 1. The highest BCUT2D eigenvalue weighted by Crippen LogP contribution is 2.29. The van der Waals surface area contributed by atoms with Crippen LogP contribution in [0.15, 0.2) is 59.5 Å². The van der Waals surface area contributed by atoms with Gasteiger partial charge in [-0.3, -0.25) is 9.69 Å². The first-order valence-electron chi connectivity index (χ1n) is 11.1. The van der Waals surface area contributed by atoms with E-state index in [1.54, 1.807) is 36.5 Å². The number of nitrogens with one attached hydrogen (secondary N) is 2. The summed E-state index contributed by atoms with van der Waals surface area (Å²) in [5, 5.41) is 14.0. The summed E-state index contributed by atoms with van der Waals surface area (Å²) in [4.78, 5) is 28.3. The van der Waals surface area contributed by atoms with Crippen LogP contribution in [-0.2, 0) is 6.54 Å². The molecule has 2 N–H and O–H groups in total. The van der Waals surface area contributed by atoms with E-state index in [1.165, 1.54) is 6.07 Å². The van der Waals surface area contributed by atoms with Gasteiger partial charge in [0.1, 0.15) is 0 Å². The molecule has 1 fully saturated rings. The fraction of sp³-hybridized carbons (Fsp3) is 0.200. The molecule has 0 radical (unpaired) electrons. The van der Waals surface area contributed by atoms with Gasteiger partial charge in [0.25, 0.3) is 0 Å². The Balaban J connectivity index is 1.41. The number of nitriles is 1. The van der Waals surface area contributed by atoms with E-state index in [0.29, 0.717) is 50.5 Å². The van der Waals surface area contributed by atoms with Crippen molar-refractivity contribution in [3.63, 3.8) is 0 Å². The summed E-state index contributed by atoms with van der Waals surface area (Å²) in [5.41, 5.74) is 3.38. The number of fused-ring (bicyclic) bond motifs is 1. The monoisotopic (exact) mass is 505 g/mol. The quantitative estimate of drug-likeness (QED) is 0.409. The number of aromatic amines is 1. The first-order chi connectivity index (χ1) is 17.0. The van der Waals surface area contributed by atoms with Crippen LogP contribution in [0.2, 0.25) is 10.0 Å². The average Bonchev–Trinajstić information content (AvgIpc) is 2.87. The first kappa shape index (κ1) is 23.1. The molecular weight excluding hydrogens is 485 g/mol. The Labute approximate surface area is 211 Å². The molecule has 10 heteroatoms. The largest absolute Gasteiger partial charge is 0.351 e. The summed E-state index contributed by atoms with van der Waals surface area (Å²) in [7, 11) is 0. The number of nitrogens with zero attached hydrogens (tertiary/aromatic N) is 5. The van der Waals surface area contributed by atoms with Crippen LogP contribution in [0.5, 0.6) is 0 Å². The minimum Gasteiger partial charge on any atom is -0.351 e. The number of halogens is 2. The second kappa shape index (κ2) is 9.92. The zero-order valence-electron chi connectivity index (χ0n) is 18.6. The van der Waals surface area contributed by atoms with Gasteiger partial charge in [-0.1, -0.05) is 23.2 Å². The van der Waals surface area contributed by atoms with Crippen molar-refractivity contribution in [2.45, 2.75) is 6.54 Å². The number of hydrogen-bond donors (Lipinski definition) is 2. The Morgan fingerprint density at radius 3 is 2.57 bits per heavy atom. The second-order valence-electron chi connectivity index (χ2n) is 8.28. The summed E-state index contributed by atoms with van der Waals surface area (Å²) in [6.07, 6.45) is 1.60. The van der Waals surface area contributed by atoms with Crippen LogP contribution in [0.4, 0.5) is 17.3 Å². The van der Waals surface area contributed by atoms with Crippen molar-refractivity contribution in [2.75, 3.05) is 36.4 Å². The van der Waals surface area contributed by atoms with E-state index in [4.69, 9.17) is 33.2 Å². The van der Waals surface area contributed by atoms with E-state index in [9.17, 15) is 10.1 Å². The van der Waals surface area contributed by atoms with Gasteiger partial charge in [-0.15, -0.1) is 0 Å². The summed E-state index contributed by atoms with van der Waals surface area (Å²) in [6.45, 7) is 3.79.